The van der Waals surface area contributed by atoms with Crippen molar-refractivity contribution in [1.29, 1.82) is 0 Å². The van der Waals surface area contributed by atoms with E-state index in [1.807, 2.05) is 0 Å². The van der Waals surface area contributed by atoms with Gasteiger partial charge < -0.3 is 10.4 Å². The Labute approximate surface area is 120 Å². The zero-order chi connectivity index (χ0) is 14.4. The maximum atomic E-state index is 12.0. The third kappa shape index (κ3) is 5.12. The lowest BCUT2D eigenvalue weighted by Crippen LogP contribution is -2.42. The molecule has 5 heteroatoms. The van der Waals surface area contributed by atoms with E-state index in [4.69, 9.17) is 5.11 Å². The van der Waals surface area contributed by atoms with E-state index < -0.39 is 5.97 Å². The summed E-state index contributed by atoms with van der Waals surface area (Å²) in [4.78, 5) is 24.7. The minimum Gasteiger partial charge on any atom is -0.481 e. The monoisotopic (exact) mass is 282 g/mol. The summed E-state index contributed by atoms with van der Waals surface area (Å²) in [5.41, 5.74) is 0. The quantitative estimate of drug-likeness (QED) is 0.777. The van der Waals surface area contributed by atoms with Crippen LogP contribution in [0.3, 0.4) is 0 Å². The standard InChI is InChI=1S/C15H26N2O3/c18-14(16-13-4-2-1-3-5-13)11-17-9-8-12(10-17)6-7-15(19)20/h12-13H,1-11H2,(H,16,18)(H,19,20). The molecule has 20 heavy (non-hydrogen) atoms. The Kier molecular flexibility index (Phi) is 5.83. The molecule has 5 nitrogen and oxygen atoms in total. The summed E-state index contributed by atoms with van der Waals surface area (Å²) in [7, 11) is 0. The number of carbonyl (C=O) groups excluding carboxylic acids is 1. The van der Waals surface area contributed by atoms with Crippen LogP contribution in [0.25, 0.3) is 0 Å². The zero-order valence-corrected chi connectivity index (χ0v) is 12.1. The molecule has 1 atom stereocenters. The first-order valence-electron chi connectivity index (χ1n) is 7.87. The summed E-state index contributed by atoms with van der Waals surface area (Å²) in [6.07, 6.45) is 7.98. The van der Waals surface area contributed by atoms with Crippen molar-refractivity contribution in [3.8, 4) is 0 Å². The maximum absolute atomic E-state index is 12.0. The fourth-order valence-electron chi connectivity index (χ4n) is 3.34. The average Bonchev–Trinajstić information content (AvgIpc) is 2.85. The molecule has 1 amide bonds. The van der Waals surface area contributed by atoms with Crippen LogP contribution in [-0.2, 0) is 9.59 Å². The molecule has 1 saturated carbocycles. The van der Waals surface area contributed by atoms with E-state index in [1.165, 1.54) is 19.3 Å². The van der Waals surface area contributed by atoms with E-state index >= 15 is 0 Å². The second kappa shape index (κ2) is 7.62. The van der Waals surface area contributed by atoms with Crippen LogP contribution in [-0.4, -0.2) is 47.6 Å². The molecule has 1 heterocycles. The van der Waals surface area contributed by atoms with Crippen LogP contribution in [0.5, 0.6) is 0 Å². The van der Waals surface area contributed by atoms with E-state index in [0.29, 0.717) is 18.5 Å². The Morgan fingerprint density at radius 1 is 1.15 bits per heavy atom. The molecule has 0 spiro atoms. The summed E-state index contributed by atoms with van der Waals surface area (Å²) < 4.78 is 0. The topological polar surface area (TPSA) is 69.6 Å². The molecule has 1 saturated heterocycles. The molecule has 2 aliphatic rings. The number of likely N-dealkylation sites (tertiary alicyclic amines) is 1. The van der Waals surface area contributed by atoms with Crippen molar-refractivity contribution >= 4 is 11.9 Å². The SMILES string of the molecule is O=C(O)CCC1CCN(CC(=O)NC2CCCCC2)C1. The third-order valence-corrected chi connectivity index (χ3v) is 4.47. The number of aliphatic carboxylic acids is 1. The van der Waals surface area contributed by atoms with Gasteiger partial charge in [0.05, 0.1) is 6.54 Å². The van der Waals surface area contributed by atoms with Gasteiger partial charge in [-0.05, 0) is 38.1 Å². The van der Waals surface area contributed by atoms with Crippen LogP contribution in [0.4, 0.5) is 0 Å². The number of hydrogen-bond acceptors (Lipinski definition) is 3. The third-order valence-electron chi connectivity index (χ3n) is 4.47. The van der Waals surface area contributed by atoms with Gasteiger partial charge in [-0.3, -0.25) is 14.5 Å². The van der Waals surface area contributed by atoms with Gasteiger partial charge in [0.15, 0.2) is 0 Å². The van der Waals surface area contributed by atoms with Crippen molar-refractivity contribution in [2.45, 2.75) is 57.4 Å². The molecule has 0 aromatic heterocycles. The predicted octanol–water partition coefficient (Wildman–Crippen LogP) is 1.62. The lowest BCUT2D eigenvalue weighted by atomic mass is 9.95. The van der Waals surface area contributed by atoms with Crippen molar-refractivity contribution < 1.29 is 14.7 Å². The van der Waals surface area contributed by atoms with Crippen LogP contribution in [0.2, 0.25) is 0 Å². The zero-order valence-electron chi connectivity index (χ0n) is 12.1. The molecule has 114 valence electrons. The first kappa shape index (κ1) is 15.3. The molecule has 2 N–H and O–H groups in total. The molecule has 1 unspecified atom stereocenters. The largest absolute Gasteiger partial charge is 0.481 e. The fourth-order valence-corrected chi connectivity index (χ4v) is 3.34. The first-order chi connectivity index (χ1) is 9.63. The number of carboxylic acid groups (broad SMARTS) is 1. The predicted molar refractivity (Wildman–Crippen MR) is 76.4 cm³/mol. The number of carbonyl (C=O) groups is 2. The maximum Gasteiger partial charge on any atom is 0.303 e. The highest BCUT2D eigenvalue weighted by atomic mass is 16.4. The number of carboxylic acids is 1. The number of amides is 1. The van der Waals surface area contributed by atoms with Crippen LogP contribution >= 0.6 is 0 Å². The lowest BCUT2D eigenvalue weighted by molar-refractivity contribution is -0.137. The second-order valence-corrected chi connectivity index (χ2v) is 6.22. The van der Waals surface area contributed by atoms with Gasteiger partial charge in [0.2, 0.25) is 5.91 Å². The average molecular weight is 282 g/mol. The van der Waals surface area contributed by atoms with E-state index in [2.05, 4.69) is 10.2 Å². The fraction of sp³-hybridized carbons (Fsp3) is 0.867. The number of nitrogens with one attached hydrogen (secondary N) is 1. The highest BCUT2D eigenvalue weighted by molar-refractivity contribution is 5.78. The van der Waals surface area contributed by atoms with Gasteiger partial charge in [0, 0.05) is 19.0 Å². The summed E-state index contributed by atoms with van der Waals surface area (Å²) in [5, 5.41) is 11.8. The van der Waals surface area contributed by atoms with E-state index in [0.717, 1.165) is 38.8 Å². The lowest BCUT2D eigenvalue weighted by Gasteiger charge is -2.24. The van der Waals surface area contributed by atoms with E-state index in [9.17, 15) is 9.59 Å². The number of rotatable bonds is 6. The Balaban J connectivity index is 1.63. The molecule has 0 aromatic rings. The Hall–Kier alpha value is -1.10. The minimum absolute atomic E-state index is 0.135. The van der Waals surface area contributed by atoms with Crippen LogP contribution in [0.15, 0.2) is 0 Å². The molecule has 0 bridgehead atoms. The minimum atomic E-state index is -0.724. The second-order valence-electron chi connectivity index (χ2n) is 6.22. The Morgan fingerprint density at radius 2 is 1.90 bits per heavy atom. The van der Waals surface area contributed by atoms with Crippen molar-refractivity contribution in [2.75, 3.05) is 19.6 Å². The molecule has 1 aliphatic heterocycles. The van der Waals surface area contributed by atoms with Gasteiger partial charge in [-0.1, -0.05) is 19.3 Å². The van der Waals surface area contributed by atoms with E-state index in [1.54, 1.807) is 0 Å². The summed E-state index contributed by atoms with van der Waals surface area (Å²) >= 11 is 0. The highest BCUT2D eigenvalue weighted by Crippen LogP contribution is 2.21. The highest BCUT2D eigenvalue weighted by Gasteiger charge is 2.25. The van der Waals surface area contributed by atoms with Gasteiger partial charge in [-0.25, -0.2) is 0 Å². The van der Waals surface area contributed by atoms with Crippen LogP contribution in [0, 0.1) is 5.92 Å². The van der Waals surface area contributed by atoms with Crippen molar-refractivity contribution in [1.82, 2.24) is 10.2 Å². The van der Waals surface area contributed by atoms with E-state index in [-0.39, 0.29) is 12.3 Å². The molecular weight excluding hydrogens is 256 g/mol. The summed E-state index contributed by atoms with van der Waals surface area (Å²) in [5.74, 6) is -0.150. The van der Waals surface area contributed by atoms with Crippen LogP contribution < -0.4 is 5.32 Å². The molecule has 1 aliphatic carbocycles. The van der Waals surface area contributed by atoms with Crippen molar-refractivity contribution in [3.63, 3.8) is 0 Å². The van der Waals surface area contributed by atoms with Crippen molar-refractivity contribution in [3.05, 3.63) is 0 Å². The molecule has 0 radical (unpaired) electrons. The molecule has 0 aromatic carbocycles. The van der Waals surface area contributed by atoms with Gasteiger partial charge in [-0.2, -0.15) is 0 Å². The van der Waals surface area contributed by atoms with Gasteiger partial charge in [0.1, 0.15) is 0 Å². The Morgan fingerprint density at radius 3 is 2.60 bits per heavy atom. The Bertz CT molecular complexity index is 340. The molecular formula is C15H26N2O3. The molecule has 2 rings (SSSR count). The van der Waals surface area contributed by atoms with Gasteiger partial charge >= 0.3 is 5.97 Å². The van der Waals surface area contributed by atoms with Gasteiger partial charge in [-0.15, -0.1) is 0 Å². The summed E-state index contributed by atoms with van der Waals surface area (Å²) in [6.45, 7) is 2.26. The molecule has 2 fully saturated rings. The summed E-state index contributed by atoms with van der Waals surface area (Å²) in [6, 6.07) is 0.377. The normalized spacial score (nSPS) is 24.7. The van der Waals surface area contributed by atoms with Gasteiger partial charge in [0.25, 0.3) is 0 Å². The van der Waals surface area contributed by atoms with Crippen LogP contribution in [0.1, 0.15) is 51.4 Å². The smallest absolute Gasteiger partial charge is 0.303 e. The number of hydrogen-bond donors (Lipinski definition) is 2. The first-order valence-corrected chi connectivity index (χ1v) is 7.87. The van der Waals surface area contributed by atoms with Crippen molar-refractivity contribution in [2.24, 2.45) is 5.92 Å². The number of nitrogens with zero attached hydrogens (tertiary/aromatic N) is 1.